The van der Waals surface area contributed by atoms with E-state index in [0.717, 1.165) is 83.4 Å². The summed E-state index contributed by atoms with van der Waals surface area (Å²) in [6.07, 6.45) is 1.83. The van der Waals surface area contributed by atoms with Crippen molar-refractivity contribution in [2.24, 2.45) is 0 Å². The smallest absolute Gasteiger partial charge is 0.160 e. The number of hydrogen-bond donors (Lipinski definition) is 0. The third-order valence-corrected chi connectivity index (χ3v) is 11.4. The second-order valence-corrected chi connectivity index (χ2v) is 15.0. The van der Waals surface area contributed by atoms with Gasteiger partial charge in [0.05, 0.1) is 28.1 Å². The number of fused-ring (bicyclic) bond motifs is 4. The molecule has 0 amide bonds. The van der Waals surface area contributed by atoms with Crippen LogP contribution in [0.4, 0.5) is 0 Å². The van der Waals surface area contributed by atoms with Gasteiger partial charge in [-0.3, -0.25) is 4.98 Å². The van der Waals surface area contributed by atoms with Crippen molar-refractivity contribution < 1.29 is 0 Å². The predicted molar refractivity (Wildman–Crippen MR) is 248 cm³/mol. The van der Waals surface area contributed by atoms with Crippen LogP contribution in [-0.2, 0) is 0 Å². The van der Waals surface area contributed by atoms with Crippen LogP contribution in [0.3, 0.4) is 0 Å². The molecular weight excluding hydrogens is 729 g/mol. The summed E-state index contributed by atoms with van der Waals surface area (Å²) >= 11 is 0. The van der Waals surface area contributed by atoms with Gasteiger partial charge in [-0.25, -0.2) is 15.0 Å². The van der Waals surface area contributed by atoms with E-state index in [2.05, 4.69) is 187 Å². The van der Waals surface area contributed by atoms with Crippen molar-refractivity contribution in [3.63, 3.8) is 0 Å². The van der Waals surface area contributed by atoms with Gasteiger partial charge in [-0.1, -0.05) is 194 Å². The van der Waals surface area contributed by atoms with Crippen molar-refractivity contribution in [3.8, 4) is 78.5 Å². The molecule has 60 heavy (non-hydrogen) atoms. The Hall–Kier alpha value is -8.08. The van der Waals surface area contributed by atoms with E-state index >= 15 is 0 Å². The standard InChI is InChI=1S/C56H36N4/c1-3-12-37(13-4-1)45-17-7-10-20-50(45)53-36-52(59-56(60-53)44-14-5-2-6-15-44)41-27-23-39(24-28-41)47-33-32-46(48-18-8-9-19-49(47)48)38-21-25-40(26-22-38)51-34-31-43-30-29-42-16-11-35-57-54(42)55(43)58-51/h1-36H. The summed E-state index contributed by atoms with van der Waals surface area (Å²) in [5.74, 6) is 0.698. The monoisotopic (exact) mass is 764 g/mol. The Bertz CT molecular complexity index is 3340. The van der Waals surface area contributed by atoms with Crippen LogP contribution in [0.2, 0.25) is 0 Å². The van der Waals surface area contributed by atoms with Crippen molar-refractivity contribution in [2.45, 2.75) is 0 Å². The molecule has 3 aromatic heterocycles. The fourth-order valence-corrected chi connectivity index (χ4v) is 8.35. The molecule has 0 aliphatic rings. The van der Waals surface area contributed by atoms with E-state index in [1.54, 1.807) is 0 Å². The molecule has 11 aromatic rings. The summed E-state index contributed by atoms with van der Waals surface area (Å²) in [7, 11) is 0. The molecule has 0 aliphatic carbocycles. The molecule has 0 N–H and O–H groups in total. The normalized spacial score (nSPS) is 11.3. The second kappa shape index (κ2) is 15.0. The highest BCUT2D eigenvalue weighted by molar-refractivity contribution is 6.06. The Balaban J connectivity index is 0.936. The van der Waals surface area contributed by atoms with Crippen LogP contribution in [0.1, 0.15) is 0 Å². The van der Waals surface area contributed by atoms with Gasteiger partial charge in [0.15, 0.2) is 5.82 Å². The second-order valence-electron chi connectivity index (χ2n) is 15.0. The molecule has 4 heteroatoms. The van der Waals surface area contributed by atoms with Gasteiger partial charge in [0.2, 0.25) is 0 Å². The summed E-state index contributed by atoms with van der Waals surface area (Å²) in [5.41, 5.74) is 15.7. The lowest BCUT2D eigenvalue weighted by molar-refractivity contribution is 1.18. The Labute approximate surface area is 348 Å². The fourth-order valence-electron chi connectivity index (χ4n) is 8.35. The summed E-state index contributed by atoms with van der Waals surface area (Å²) in [4.78, 5) is 20.0. The lowest BCUT2D eigenvalue weighted by Crippen LogP contribution is -1.97. The van der Waals surface area contributed by atoms with Crippen LogP contribution in [0.25, 0.3) is 111 Å². The van der Waals surface area contributed by atoms with Crippen molar-refractivity contribution in [1.82, 2.24) is 19.9 Å². The summed E-state index contributed by atoms with van der Waals surface area (Å²) in [5, 5.41) is 4.59. The van der Waals surface area contributed by atoms with Gasteiger partial charge >= 0.3 is 0 Å². The minimum atomic E-state index is 0.698. The summed E-state index contributed by atoms with van der Waals surface area (Å²) < 4.78 is 0. The van der Waals surface area contributed by atoms with Gasteiger partial charge in [0.1, 0.15) is 0 Å². The van der Waals surface area contributed by atoms with E-state index in [4.69, 9.17) is 15.0 Å². The zero-order valence-electron chi connectivity index (χ0n) is 32.6. The van der Waals surface area contributed by atoms with Crippen LogP contribution in [0, 0.1) is 0 Å². The average Bonchev–Trinajstić information content (AvgIpc) is 3.34. The first-order valence-electron chi connectivity index (χ1n) is 20.2. The van der Waals surface area contributed by atoms with Gasteiger partial charge in [-0.05, 0) is 62.4 Å². The van der Waals surface area contributed by atoms with Gasteiger partial charge in [-0.15, -0.1) is 0 Å². The van der Waals surface area contributed by atoms with Gasteiger partial charge in [-0.2, -0.15) is 0 Å². The largest absolute Gasteiger partial charge is 0.254 e. The molecule has 0 saturated carbocycles. The lowest BCUT2D eigenvalue weighted by Gasteiger charge is -2.14. The predicted octanol–water partition coefficient (Wildman–Crippen LogP) is 14.4. The molecule has 280 valence electrons. The molecule has 8 aromatic carbocycles. The Kier molecular flexibility index (Phi) is 8.79. The number of rotatable bonds is 7. The number of hydrogen-bond acceptors (Lipinski definition) is 4. The van der Waals surface area contributed by atoms with Gasteiger partial charge in [0, 0.05) is 39.2 Å². The highest BCUT2D eigenvalue weighted by Crippen LogP contribution is 2.38. The fraction of sp³-hybridized carbons (Fsp3) is 0. The highest BCUT2D eigenvalue weighted by Gasteiger charge is 2.16. The minimum absolute atomic E-state index is 0.698. The lowest BCUT2D eigenvalue weighted by atomic mass is 9.91. The molecule has 0 atom stereocenters. The van der Waals surface area contributed by atoms with E-state index in [1.165, 1.54) is 21.9 Å². The van der Waals surface area contributed by atoms with E-state index in [1.807, 2.05) is 36.5 Å². The maximum atomic E-state index is 5.14. The van der Waals surface area contributed by atoms with Crippen LogP contribution >= 0.6 is 0 Å². The molecule has 0 fully saturated rings. The third-order valence-electron chi connectivity index (χ3n) is 11.4. The van der Waals surface area contributed by atoms with Gasteiger partial charge < -0.3 is 0 Å². The third kappa shape index (κ3) is 6.47. The summed E-state index contributed by atoms with van der Waals surface area (Å²) in [6, 6.07) is 74.6. The number of aromatic nitrogens is 4. The molecule has 0 saturated heterocycles. The quantitative estimate of drug-likeness (QED) is 0.152. The Morgan fingerprint density at radius 3 is 1.43 bits per heavy atom. The van der Waals surface area contributed by atoms with Crippen molar-refractivity contribution in [1.29, 1.82) is 0 Å². The van der Waals surface area contributed by atoms with Crippen LogP contribution in [-0.4, -0.2) is 19.9 Å². The molecule has 11 rings (SSSR count). The van der Waals surface area contributed by atoms with E-state index in [0.29, 0.717) is 5.82 Å². The van der Waals surface area contributed by atoms with Crippen LogP contribution in [0.15, 0.2) is 219 Å². The molecule has 3 heterocycles. The van der Waals surface area contributed by atoms with Gasteiger partial charge in [0.25, 0.3) is 0 Å². The van der Waals surface area contributed by atoms with E-state index in [9.17, 15) is 0 Å². The van der Waals surface area contributed by atoms with Crippen molar-refractivity contribution >= 4 is 32.6 Å². The molecule has 0 bridgehead atoms. The topological polar surface area (TPSA) is 51.6 Å². The minimum Gasteiger partial charge on any atom is -0.254 e. The number of nitrogens with zero attached hydrogens (tertiary/aromatic N) is 4. The van der Waals surface area contributed by atoms with Crippen LogP contribution in [0.5, 0.6) is 0 Å². The first-order chi connectivity index (χ1) is 29.7. The van der Waals surface area contributed by atoms with Crippen molar-refractivity contribution in [2.75, 3.05) is 0 Å². The summed E-state index contributed by atoms with van der Waals surface area (Å²) in [6.45, 7) is 0. The Morgan fingerprint density at radius 2 is 0.767 bits per heavy atom. The van der Waals surface area contributed by atoms with Crippen LogP contribution < -0.4 is 0 Å². The molecule has 0 aliphatic heterocycles. The molecule has 4 nitrogen and oxygen atoms in total. The first kappa shape index (κ1) is 35.1. The number of benzene rings is 8. The zero-order chi connectivity index (χ0) is 39.8. The van der Waals surface area contributed by atoms with Crippen molar-refractivity contribution in [3.05, 3.63) is 219 Å². The number of pyridine rings is 2. The molecule has 0 radical (unpaired) electrons. The molecule has 0 spiro atoms. The maximum absolute atomic E-state index is 5.14. The first-order valence-corrected chi connectivity index (χ1v) is 20.2. The SMILES string of the molecule is c1ccc(-c2nc(-c3ccc(-c4ccc(-c5ccc(-c6ccc7ccc8cccnc8c7n6)cc5)c5ccccc45)cc3)cc(-c3ccccc3-c3ccccc3)n2)cc1. The van der Waals surface area contributed by atoms with E-state index < -0.39 is 0 Å². The average molecular weight is 765 g/mol. The van der Waals surface area contributed by atoms with E-state index in [-0.39, 0.29) is 0 Å². The highest BCUT2D eigenvalue weighted by atomic mass is 14.9. The molecule has 0 unspecified atom stereocenters. The zero-order valence-corrected chi connectivity index (χ0v) is 32.6. The maximum Gasteiger partial charge on any atom is 0.160 e. The Morgan fingerprint density at radius 1 is 0.267 bits per heavy atom. The molecular formula is C56H36N4.